The Balaban J connectivity index is 2.40. The van der Waals surface area contributed by atoms with Crippen LogP contribution in [0, 0.1) is 18.3 Å². The van der Waals surface area contributed by atoms with E-state index in [1.165, 1.54) is 6.26 Å². The van der Waals surface area contributed by atoms with Crippen LogP contribution in [0.3, 0.4) is 0 Å². The molecule has 0 aromatic rings. The normalized spacial score (nSPS) is 23.6. The lowest BCUT2D eigenvalue weighted by atomic mass is 10.00. The van der Waals surface area contributed by atoms with E-state index in [4.69, 9.17) is 6.42 Å². The molecule has 0 aromatic heterocycles. The summed E-state index contributed by atoms with van der Waals surface area (Å²) in [5.41, 5.74) is 0. The molecule has 1 rings (SSSR count). The average Bonchev–Trinajstić information content (AvgIpc) is 2.17. The number of terminal acetylenes is 1. The molecule has 0 saturated carbocycles. The minimum absolute atomic E-state index is 0.391. The molecule has 1 saturated heterocycles. The zero-order valence-corrected chi connectivity index (χ0v) is 9.89. The number of nitrogens with zero attached hydrogens (tertiary/aromatic N) is 1. The molecular formula is C10H18N2O2S. The zero-order valence-electron chi connectivity index (χ0n) is 9.07. The van der Waals surface area contributed by atoms with E-state index in [-0.39, 0.29) is 0 Å². The van der Waals surface area contributed by atoms with Crippen LogP contribution in [0.2, 0.25) is 0 Å². The Morgan fingerprint density at radius 2 is 2.33 bits per heavy atom. The van der Waals surface area contributed by atoms with Crippen molar-refractivity contribution < 1.29 is 8.42 Å². The van der Waals surface area contributed by atoms with Crippen LogP contribution in [0.25, 0.3) is 0 Å². The third-order valence-corrected chi connectivity index (χ3v) is 3.88. The molecule has 0 spiro atoms. The minimum Gasteiger partial charge on any atom is -0.306 e. The number of piperidine rings is 1. The van der Waals surface area contributed by atoms with Gasteiger partial charge in [-0.15, -0.1) is 6.42 Å². The summed E-state index contributed by atoms with van der Waals surface area (Å²) < 4.78 is 24.2. The molecule has 0 aromatic carbocycles. The Hall–Kier alpha value is -0.570. The van der Waals surface area contributed by atoms with Crippen LogP contribution in [-0.4, -0.2) is 45.2 Å². The number of hydrogen-bond acceptors (Lipinski definition) is 3. The maximum Gasteiger partial charge on any atom is 0.211 e. The van der Waals surface area contributed by atoms with E-state index in [1.54, 1.807) is 4.31 Å². The predicted molar refractivity (Wildman–Crippen MR) is 60.8 cm³/mol. The van der Waals surface area contributed by atoms with Crippen LogP contribution in [0.1, 0.15) is 12.8 Å². The van der Waals surface area contributed by atoms with Crippen LogP contribution >= 0.6 is 0 Å². The molecule has 1 aliphatic heterocycles. The first-order chi connectivity index (χ1) is 7.04. The van der Waals surface area contributed by atoms with Gasteiger partial charge in [-0.2, -0.15) is 0 Å². The van der Waals surface area contributed by atoms with E-state index in [9.17, 15) is 8.42 Å². The van der Waals surface area contributed by atoms with E-state index < -0.39 is 10.0 Å². The highest BCUT2D eigenvalue weighted by molar-refractivity contribution is 7.88. The highest BCUT2D eigenvalue weighted by Gasteiger charge is 2.25. The van der Waals surface area contributed by atoms with Gasteiger partial charge in [0.05, 0.1) is 12.8 Å². The summed E-state index contributed by atoms with van der Waals surface area (Å²) >= 11 is 0. The quantitative estimate of drug-likeness (QED) is 0.541. The van der Waals surface area contributed by atoms with Gasteiger partial charge in [0.15, 0.2) is 0 Å². The van der Waals surface area contributed by atoms with Crippen molar-refractivity contribution in [1.29, 1.82) is 0 Å². The molecule has 1 atom stereocenters. The van der Waals surface area contributed by atoms with Gasteiger partial charge in [-0.25, -0.2) is 12.7 Å². The Morgan fingerprint density at radius 3 is 2.93 bits per heavy atom. The molecule has 1 fully saturated rings. The molecule has 15 heavy (non-hydrogen) atoms. The largest absolute Gasteiger partial charge is 0.306 e. The summed E-state index contributed by atoms with van der Waals surface area (Å²) in [4.78, 5) is 0. The van der Waals surface area contributed by atoms with Crippen molar-refractivity contribution in [3.05, 3.63) is 0 Å². The van der Waals surface area contributed by atoms with Crippen molar-refractivity contribution in [2.24, 2.45) is 5.92 Å². The Kier molecular flexibility index (Phi) is 4.58. The van der Waals surface area contributed by atoms with Crippen molar-refractivity contribution in [3.8, 4) is 12.3 Å². The number of hydrogen-bond donors (Lipinski definition) is 1. The van der Waals surface area contributed by atoms with E-state index in [0.29, 0.717) is 25.6 Å². The average molecular weight is 230 g/mol. The molecule has 0 radical (unpaired) electrons. The Bertz CT molecular complexity index is 332. The molecule has 1 unspecified atom stereocenters. The second-order valence-corrected chi connectivity index (χ2v) is 5.95. The second kappa shape index (κ2) is 5.50. The van der Waals surface area contributed by atoms with E-state index >= 15 is 0 Å². The SMILES string of the molecule is C#CCNCC1CCCN(S(C)(=O)=O)C1. The fraction of sp³-hybridized carbons (Fsp3) is 0.800. The second-order valence-electron chi connectivity index (χ2n) is 3.96. The molecular weight excluding hydrogens is 212 g/mol. The van der Waals surface area contributed by atoms with Crippen LogP contribution < -0.4 is 5.32 Å². The molecule has 1 heterocycles. The molecule has 1 aliphatic rings. The molecule has 0 bridgehead atoms. The fourth-order valence-electron chi connectivity index (χ4n) is 1.84. The van der Waals surface area contributed by atoms with Gasteiger partial charge < -0.3 is 5.32 Å². The highest BCUT2D eigenvalue weighted by atomic mass is 32.2. The summed E-state index contributed by atoms with van der Waals surface area (Å²) in [6.07, 6.45) is 8.40. The summed E-state index contributed by atoms with van der Waals surface area (Å²) in [5.74, 6) is 2.90. The van der Waals surface area contributed by atoms with E-state index in [1.807, 2.05) is 0 Å². The van der Waals surface area contributed by atoms with Crippen molar-refractivity contribution in [1.82, 2.24) is 9.62 Å². The van der Waals surface area contributed by atoms with Crippen molar-refractivity contribution in [2.45, 2.75) is 12.8 Å². The van der Waals surface area contributed by atoms with Crippen LogP contribution in [-0.2, 0) is 10.0 Å². The lowest BCUT2D eigenvalue weighted by molar-refractivity contribution is 0.263. The molecule has 86 valence electrons. The number of sulfonamides is 1. The highest BCUT2D eigenvalue weighted by Crippen LogP contribution is 2.17. The first-order valence-electron chi connectivity index (χ1n) is 5.13. The molecule has 5 heteroatoms. The first-order valence-corrected chi connectivity index (χ1v) is 6.98. The van der Waals surface area contributed by atoms with Crippen LogP contribution in [0.15, 0.2) is 0 Å². The third-order valence-electron chi connectivity index (χ3n) is 2.61. The molecule has 1 N–H and O–H groups in total. The molecule has 0 amide bonds. The monoisotopic (exact) mass is 230 g/mol. The smallest absolute Gasteiger partial charge is 0.211 e. The Morgan fingerprint density at radius 1 is 1.60 bits per heavy atom. The van der Waals surface area contributed by atoms with E-state index in [2.05, 4.69) is 11.2 Å². The number of rotatable bonds is 4. The van der Waals surface area contributed by atoms with Crippen LogP contribution in [0.5, 0.6) is 0 Å². The summed E-state index contributed by atoms with van der Waals surface area (Å²) in [5, 5.41) is 3.12. The predicted octanol–water partition coefficient (Wildman–Crippen LogP) is -0.119. The standard InChI is InChI=1S/C10H18N2O2S/c1-3-6-11-8-10-5-4-7-12(9-10)15(2,13)14/h1,10-11H,4-9H2,2H3. The van der Waals surface area contributed by atoms with Gasteiger partial charge in [-0.1, -0.05) is 5.92 Å². The van der Waals surface area contributed by atoms with Gasteiger partial charge in [-0.3, -0.25) is 0 Å². The fourth-order valence-corrected chi connectivity index (χ4v) is 2.79. The third kappa shape index (κ3) is 4.20. The lowest BCUT2D eigenvalue weighted by Gasteiger charge is -2.30. The summed E-state index contributed by atoms with van der Waals surface area (Å²) in [7, 11) is -3.02. The van der Waals surface area contributed by atoms with Crippen molar-refractivity contribution >= 4 is 10.0 Å². The van der Waals surface area contributed by atoms with Crippen molar-refractivity contribution in [2.75, 3.05) is 32.4 Å². The molecule has 4 nitrogen and oxygen atoms in total. The Labute approximate surface area is 92.1 Å². The lowest BCUT2D eigenvalue weighted by Crippen LogP contribution is -2.42. The maximum atomic E-state index is 11.3. The van der Waals surface area contributed by atoms with Gasteiger partial charge in [0, 0.05) is 19.6 Å². The van der Waals surface area contributed by atoms with Gasteiger partial charge in [0.25, 0.3) is 0 Å². The first kappa shape index (κ1) is 12.5. The van der Waals surface area contributed by atoms with Gasteiger partial charge in [-0.05, 0) is 18.8 Å². The van der Waals surface area contributed by atoms with Gasteiger partial charge in [0.2, 0.25) is 10.0 Å². The molecule has 0 aliphatic carbocycles. The van der Waals surface area contributed by atoms with E-state index in [0.717, 1.165) is 19.4 Å². The maximum absolute atomic E-state index is 11.3. The topological polar surface area (TPSA) is 49.4 Å². The van der Waals surface area contributed by atoms with Crippen LogP contribution in [0.4, 0.5) is 0 Å². The van der Waals surface area contributed by atoms with Gasteiger partial charge >= 0.3 is 0 Å². The number of nitrogens with one attached hydrogen (secondary N) is 1. The minimum atomic E-state index is -3.02. The zero-order chi connectivity index (χ0) is 11.3. The summed E-state index contributed by atoms with van der Waals surface area (Å²) in [6.45, 7) is 2.63. The van der Waals surface area contributed by atoms with Crippen molar-refractivity contribution in [3.63, 3.8) is 0 Å². The summed E-state index contributed by atoms with van der Waals surface area (Å²) in [6, 6.07) is 0. The van der Waals surface area contributed by atoms with Gasteiger partial charge in [0.1, 0.15) is 0 Å².